The summed E-state index contributed by atoms with van der Waals surface area (Å²) in [6, 6.07) is 9.89. The van der Waals surface area contributed by atoms with E-state index in [1.807, 2.05) is 56.5 Å². The van der Waals surface area contributed by atoms with Crippen LogP contribution in [-0.2, 0) is 21.3 Å². The standard InChI is InChI=1S/C17H22N2O2S2/c1-12(15(20)19-17(2,3)4)23(21)11-14-10-22-16(18-14)13-8-6-5-7-9-13/h5-10,12H,11H2,1-4H3,(H,19,20)/t12-,23-/m0/s1. The van der Waals surface area contributed by atoms with Crippen molar-refractivity contribution in [2.45, 2.75) is 44.2 Å². The first-order chi connectivity index (χ1) is 10.8. The van der Waals surface area contributed by atoms with Crippen molar-refractivity contribution in [3.63, 3.8) is 0 Å². The molecule has 1 aromatic carbocycles. The Morgan fingerprint density at radius 1 is 1.30 bits per heavy atom. The monoisotopic (exact) mass is 350 g/mol. The van der Waals surface area contributed by atoms with E-state index in [0.717, 1.165) is 16.3 Å². The number of nitrogens with one attached hydrogen (secondary N) is 1. The van der Waals surface area contributed by atoms with Gasteiger partial charge in [0.25, 0.3) is 0 Å². The molecule has 4 nitrogen and oxygen atoms in total. The van der Waals surface area contributed by atoms with Crippen molar-refractivity contribution in [3.05, 3.63) is 41.4 Å². The van der Waals surface area contributed by atoms with Crippen LogP contribution < -0.4 is 5.32 Å². The Bertz CT molecular complexity index is 690. The maximum atomic E-state index is 12.4. The van der Waals surface area contributed by atoms with Crippen LogP contribution in [0.2, 0.25) is 0 Å². The molecule has 0 aliphatic heterocycles. The highest BCUT2D eigenvalue weighted by Gasteiger charge is 2.24. The Morgan fingerprint density at radius 3 is 2.57 bits per heavy atom. The Labute approximate surface area is 143 Å². The molecule has 0 radical (unpaired) electrons. The summed E-state index contributed by atoms with van der Waals surface area (Å²) in [6.45, 7) is 7.43. The summed E-state index contributed by atoms with van der Waals surface area (Å²) in [5, 5.41) is 5.13. The van der Waals surface area contributed by atoms with E-state index in [1.165, 1.54) is 11.3 Å². The van der Waals surface area contributed by atoms with Crippen LogP contribution in [0.25, 0.3) is 10.6 Å². The molecule has 2 rings (SSSR count). The minimum absolute atomic E-state index is 0.186. The van der Waals surface area contributed by atoms with Crippen molar-refractivity contribution in [2.75, 3.05) is 0 Å². The van der Waals surface area contributed by atoms with Crippen molar-refractivity contribution in [3.8, 4) is 10.6 Å². The van der Waals surface area contributed by atoms with Gasteiger partial charge in [-0.15, -0.1) is 11.3 Å². The normalized spacial score (nSPS) is 14.3. The third-order valence-electron chi connectivity index (χ3n) is 3.12. The molecule has 0 saturated heterocycles. The number of amides is 1. The lowest BCUT2D eigenvalue weighted by atomic mass is 10.1. The van der Waals surface area contributed by atoms with Gasteiger partial charge in [0.05, 0.1) is 11.4 Å². The zero-order chi connectivity index (χ0) is 17.0. The van der Waals surface area contributed by atoms with E-state index in [-0.39, 0.29) is 11.4 Å². The highest BCUT2D eigenvalue weighted by atomic mass is 32.2. The van der Waals surface area contributed by atoms with E-state index < -0.39 is 16.0 Å². The minimum Gasteiger partial charge on any atom is -0.350 e. The van der Waals surface area contributed by atoms with E-state index in [1.54, 1.807) is 6.92 Å². The topological polar surface area (TPSA) is 59.1 Å². The van der Waals surface area contributed by atoms with Gasteiger partial charge in [0.2, 0.25) is 5.91 Å². The lowest BCUT2D eigenvalue weighted by molar-refractivity contribution is -0.121. The lowest BCUT2D eigenvalue weighted by Crippen LogP contribution is -2.46. The van der Waals surface area contributed by atoms with E-state index in [9.17, 15) is 9.00 Å². The molecule has 1 heterocycles. The molecule has 1 amide bonds. The Morgan fingerprint density at radius 2 is 1.96 bits per heavy atom. The first kappa shape index (κ1) is 17.8. The fourth-order valence-corrected chi connectivity index (χ4v) is 3.87. The Hall–Kier alpha value is -1.53. The van der Waals surface area contributed by atoms with Crippen molar-refractivity contribution in [2.24, 2.45) is 0 Å². The summed E-state index contributed by atoms with van der Waals surface area (Å²) < 4.78 is 12.4. The number of aromatic nitrogens is 1. The summed E-state index contributed by atoms with van der Waals surface area (Å²) in [4.78, 5) is 16.6. The zero-order valence-electron chi connectivity index (χ0n) is 13.8. The van der Waals surface area contributed by atoms with E-state index >= 15 is 0 Å². The van der Waals surface area contributed by atoms with Gasteiger partial charge in [-0.25, -0.2) is 4.98 Å². The van der Waals surface area contributed by atoms with Gasteiger partial charge < -0.3 is 5.32 Å². The molecule has 0 aliphatic carbocycles. The van der Waals surface area contributed by atoms with Gasteiger partial charge in [0.1, 0.15) is 10.3 Å². The lowest BCUT2D eigenvalue weighted by Gasteiger charge is -2.22. The first-order valence-electron chi connectivity index (χ1n) is 7.45. The number of rotatable bonds is 5. The van der Waals surface area contributed by atoms with E-state index in [0.29, 0.717) is 5.75 Å². The molecule has 2 aromatic rings. The van der Waals surface area contributed by atoms with Gasteiger partial charge in [-0.1, -0.05) is 30.3 Å². The third-order valence-corrected chi connectivity index (χ3v) is 5.65. The third kappa shape index (κ3) is 5.25. The fraction of sp³-hybridized carbons (Fsp3) is 0.412. The van der Waals surface area contributed by atoms with Crippen molar-refractivity contribution in [1.29, 1.82) is 0 Å². The minimum atomic E-state index is -1.29. The summed E-state index contributed by atoms with van der Waals surface area (Å²) in [5.74, 6) is 0.108. The van der Waals surface area contributed by atoms with Gasteiger partial charge in [-0.05, 0) is 27.7 Å². The SMILES string of the molecule is C[C@@H](C(=O)NC(C)(C)C)[S@@](=O)Cc1csc(-c2ccccc2)n1. The molecule has 23 heavy (non-hydrogen) atoms. The molecular weight excluding hydrogens is 328 g/mol. The maximum absolute atomic E-state index is 12.4. The van der Waals surface area contributed by atoms with E-state index in [2.05, 4.69) is 10.3 Å². The summed E-state index contributed by atoms with van der Waals surface area (Å²) in [6.07, 6.45) is 0. The van der Waals surface area contributed by atoms with Gasteiger partial charge in [-0.3, -0.25) is 9.00 Å². The fourth-order valence-electron chi connectivity index (χ4n) is 1.95. The van der Waals surface area contributed by atoms with Crippen LogP contribution in [0.5, 0.6) is 0 Å². The smallest absolute Gasteiger partial charge is 0.235 e. The molecule has 0 fully saturated rings. The van der Waals surface area contributed by atoms with E-state index in [4.69, 9.17) is 0 Å². The molecule has 1 N–H and O–H groups in total. The molecular formula is C17H22N2O2S2. The second-order valence-electron chi connectivity index (χ2n) is 6.42. The highest BCUT2D eigenvalue weighted by molar-refractivity contribution is 7.85. The van der Waals surface area contributed by atoms with Crippen LogP contribution in [0.15, 0.2) is 35.7 Å². The molecule has 0 unspecified atom stereocenters. The molecule has 124 valence electrons. The number of carbonyl (C=O) groups excluding carboxylic acids is 1. The number of thiazole rings is 1. The van der Waals surface area contributed by atoms with Gasteiger partial charge in [0.15, 0.2) is 0 Å². The Balaban J connectivity index is 2.01. The molecule has 0 bridgehead atoms. The molecule has 0 aliphatic rings. The zero-order valence-corrected chi connectivity index (χ0v) is 15.5. The number of benzene rings is 1. The van der Waals surface area contributed by atoms with Crippen LogP contribution in [0.1, 0.15) is 33.4 Å². The molecule has 6 heteroatoms. The van der Waals surface area contributed by atoms with Gasteiger partial charge in [-0.2, -0.15) is 0 Å². The number of hydrogen-bond donors (Lipinski definition) is 1. The van der Waals surface area contributed by atoms with Crippen LogP contribution in [0.3, 0.4) is 0 Å². The van der Waals surface area contributed by atoms with Crippen LogP contribution in [-0.4, -0.2) is 25.9 Å². The Kier molecular flexibility index (Phi) is 5.70. The van der Waals surface area contributed by atoms with Gasteiger partial charge >= 0.3 is 0 Å². The van der Waals surface area contributed by atoms with Crippen molar-refractivity contribution in [1.82, 2.24) is 10.3 Å². The van der Waals surface area contributed by atoms with Crippen LogP contribution >= 0.6 is 11.3 Å². The number of nitrogens with zero attached hydrogens (tertiary/aromatic N) is 1. The average Bonchev–Trinajstić information content (AvgIpc) is 2.94. The largest absolute Gasteiger partial charge is 0.350 e. The van der Waals surface area contributed by atoms with Crippen molar-refractivity contribution >= 4 is 28.0 Å². The highest BCUT2D eigenvalue weighted by Crippen LogP contribution is 2.24. The van der Waals surface area contributed by atoms with Crippen molar-refractivity contribution < 1.29 is 9.00 Å². The number of hydrogen-bond acceptors (Lipinski definition) is 4. The summed E-state index contributed by atoms with van der Waals surface area (Å²) >= 11 is 1.53. The van der Waals surface area contributed by atoms with Crippen LogP contribution in [0, 0.1) is 0 Å². The first-order valence-corrected chi connectivity index (χ1v) is 9.71. The second kappa shape index (κ2) is 7.36. The maximum Gasteiger partial charge on any atom is 0.235 e. The predicted octanol–water partition coefficient (Wildman–Crippen LogP) is 3.36. The molecule has 0 saturated carbocycles. The van der Waals surface area contributed by atoms with Crippen LogP contribution in [0.4, 0.5) is 0 Å². The summed E-state index contributed by atoms with van der Waals surface area (Å²) in [7, 11) is -1.29. The van der Waals surface area contributed by atoms with Gasteiger partial charge in [0, 0.05) is 27.3 Å². The molecule has 1 aromatic heterocycles. The quantitative estimate of drug-likeness (QED) is 0.899. The summed E-state index contributed by atoms with van der Waals surface area (Å²) in [5.41, 5.74) is 1.49. The molecule has 0 spiro atoms. The number of carbonyl (C=O) groups is 1. The average molecular weight is 351 g/mol. The molecule has 2 atom stereocenters. The second-order valence-corrected chi connectivity index (χ2v) is 9.03. The predicted molar refractivity (Wildman–Crippen MR) is 96.8 cm³/mol.